The van der Waals surface area contributed by atoms with E-state index in [4.69, 9.17) is 9.47 Å². The Labute approximate surface area is 197 Å². The molecule has 8 heteroatoms. The van der Waals surface area contributed by atoms with Gasteiger partial charge in [-0.15, -0.1) is 0 Å². The normalized spacial score (nSPS) is 19.0. The maximum atomic E-state index is 13.3. The number of halogens is 2. The van der Waals surface area contributed by atoms with Crippen molar-refractivity contribution in [2.75, 3.05) is 27.2 Å². The average Bonchev–Trinajstić information content (AvgIpc) is 3.52. The van der Waals surface area contributed by atoms with Crippen molar-refractivity contribution in [3.63, 3.8) is 0 Å². The summed E-state index contributed by atoms with van der Waals surface area (Å²) in [4.78, 5) is 19.8. The average molecular weight is 470 g/mol. The van der Waals surface area contributed by atoms with Gasteiger partial charge in [-0.3, -0.25) is 9.20 Å². The van der Waals surface area contributed by atoms with Gasteiger partial charge in [-0.2, -0.15) is 8.78 Å². The Kier molecular flexibility index (Phi) is 6.25. The lowest BCUT2D eigenvalue weighted by Crippen LogP contribution is -2.30. The second-order valence-corrected chi connectivity index (χ2v) is 9.43. The maximum Gasteiger partial charge on any atom is 0.387 e. The third-order valence-electron chi connectivity index (χ3n) is 6.88. The van der Waals surface area contributed by atoms with Crippen LogP contribution in [-0.2, 0) is 0 Å². The number of ether oxygens (including phenoxy) is 2. The number of benzene rings is 1. The number of Topliss-reactive ketones (excluding diaryl/α,β-unsaturated/α-hetero) is 1. The van der Waals surface area contributed by atoms with Gasteiger partial charge in [0, 0.05) is 24.7 Å². The number of imidazole rings is 1. The molecule has 2 fully saturated rings. The molecule has 1 saturated carbocycles. The standard InChI is InChI=1S/C26H29F2N3O3/c1-30-8-3-4-18(15-30)17-7-9-31-20(14-29-24(31)13-17)19-11-22(33-2)25(21(32)10-16-5-6-16)23(12-19)34-26(27)28/h7,9,11-14,16,18,26H,3-6,8,10,15H2,1-2H3. The number of rotatable bonds is 8. The van der Waals surface area contributed by atoms with Crippen LogP contribution in [0.2, 0.25) is 0 Å². The van der Waals surface area contributed by atoms with E-state index in [9.17, 15) is 13.6 Å². The summed E-state index contributed by atoms with van der Waals surface area (Å²) in [6.45, 7) is -0.909. The molecule has 0 N–H and O–H groups in total. The molecule has 2 aliphatic rings. The van der Waals surface area contributed by atoms with Crippen molar-refractivity contribution in [2.24, 2.45) is 5.92 Å². The second-order valence-electron chi connectivity index (χ2n) is 9.43. The van der Waals surface area contributed by atoms with E-state index in [-0.39, 0.29) is 22.8 Å². The molecule has 1 saturated heterocycles. The fraction of sp³-hybridized carbons (Fsp3) is 0.462. The van der Waals surface area contributed by atoms with Crippen LogP contribution in [0.4, 0.5) is 8.78 Å². The van der Waals surface area contributed by atoms with Crippen LogP contribution >= 0.6 is 0 Å². The molecule has 0 spiro atoms. The molecule has 180 valence electrons. The van der Waals surface area contributed by atoms with Crippen molar-refractivity contribution in [3.05, 3.63) is 47.8 Å². The summed E-state index contributed by atoms with van der Waals surface area (Å²) >= 11 is 0. The van der Waals surface area contributed by atoms with Crippen LogP contribution in [0.3, 0.4) is 0 Å². The van der Waals surface area contributed by atoms with Gasteiger partial charge in [-0.05, 0) is 80.9 Å². The number of hydrogen-bond acceptors (Lipinski definition) is 5. The number of carbonyl (C=O) groups excluding carboxylic acids is 1. The zero-order valence-electron chi connectivity index (χ0n) is 19.5. The van der Waals surface area contributed by atoms with Crippen molar-refractivity contribution < 1.29 is 23.0 Å². The summed E-state index contributed by atoms with van der Waals surface area (Å²) in [7, 11) is 3.57. The molecule has 1 aliphatic heterocycles. The van der Waals surface area contributed by atoms with Crippen LogP contribution in [0.15, 0.2) is 36.7 Å². The smallest absolute Gasteiger partial charge is 0.387 e. The second kappa shape index (κ2) is 9.33. The number of carbonyl (C=O) groups is 1. The summed E-state index contributed by atoms with van der Waals surface area (Å²) < 4.78 is 38.7. The van der Waals surface area contributed by atoms with Crippen molar-refractivity contribution >= 4 is 11.4 Å². The van der Waals surface area contributed by atoms with Gasteiger partial charge in [-0.25, -0.2) is 4.98 Å². The van der Waals surface area contributed by atoms with E-state index < -0.39 is 6.61 Å². The number of ketones is 1. The molecule has 1 aliphatic carbocycles. The molecule has 2 aromatic heterocycles. The first-order chi connectivity index (χ1) is 16.4. The third-order valence-corrected chi connectivity index (χ3v) is 6.88. The van der Waals surface area contributed by atoms with E-state index in [1.807, 2.05) is 10.6 Å². The monoisotopic (exact) mass is 469 g/mol. The van der Waals surface area contributed by atoms with E-state index in [0.717, 1.165) is 38.0 Å². The Morgan fingerprint density at radius 3 is 2.71 bits per heavy atom. The number of likely N-dealkylation sites (N-methyl/N-ethyl adjacent to an activating group) is 1. The van der Waals surface area contributed by atoms with Crippen LogP contribution < -0.4 is 9.47 Å². The summed E-state index contributed by atoms with van der Waals surface area (Å²) in [6.07, 6.45) is 8.27. The third kappa shape index (κ3) is 4.64. The number of alkyl halides is 2. The quantitative estimate of drug-likeness (QED) is 0.413. The highest BCUT2D eigenvalue weighted by Crippen LogP contribution is 2.40. The lowest BCUT2D eigenvalue weighted by Gasteiger charge is -2.29. The summed E-state index contributed by atoms with van der Waals surface area (Å²) in [6, 6.07) is 7.38. The molecule has 0 amide bonds. The van der Waals surface area contributed by atoms with Crippen molar-refractivity contribution in [2.45, 2.75) is 44.6 Å². The van der Waals surface area contributed by atoms with Crippen molar-refractivity contribution in [1.82, 2.24) is 14.3 Å². The number of likely N-dealkylation sites (tertiary alicyclic amines) is 1. The molecule has 5 rings (SSSR count). The maximum absolute atomic E-state index is 13.3. The van der Waals surface area contributed by atoms with E-state index >= 15 is 0 Å². The van der Waals surface area contributed by atoms with Crippen LogP contribution in [0.25, 0.3) is 16.9 Å². The largest absolute Gasteiger partial charge is 0.496 e. The van der Waals surface area contributed by atoms with Gasteiger partial charge < -0.3 is 14.4 Å². The lowest BCUT2D eigenvalue weighted by molar-refractivity contribution is -0.0502. The molecule has 34 heavy (non-hydrogen) atoms. The molecule has 0 radical (unpaired) electrons. The fourth-order valence-corrected chi connectivity index (χ4v) is 4.95. The van der Waals surface area contributed by atoms with Gasteiger partial charge in [0.05, 0.1) is 19.0 Å². The number of methoxy groups -OCH3 is 1. The van der Waals surface area contributed by atoms with E-state index in [0.29, 0.717) is 29.5 Å². The minimum absolute atomic E-state index is 0.0796. The van der Waals surface area contributed by atoms with E-state index in [2.05, 4.69) is 29.1 Å². The summed E-state index contributed by atoms with van der Waals surface area (Å²) in [5, 5.41) is 0. The number of aromatic nitrogens is 2. The Balaban J connectivity index is 1.53. The topological polar surface area (TPSA) is 56.1 Å². The Morgan fingerprint density at radius 2 is 2.00 bits per heavy atom. The zero-order chi connectivity index (χ0) is 23.8. The van der Waals surface area contributed by atoms with Gasteiger partial charge in [0.15, 0.2) is 5.78 Å². The number of pyridine rings is 1. The number of piperidine rings is 1. The number of hydrogen-bond donors (Lipinski definition) is 0. The molecule has 1 unspecified atom stereocenters. The highest BCUT2D eigenvalue weighted by Gasteiger charge is 2.30. The SMILES string of the molecule is COc1cc(-c2cnc3cc(C4CCCN(C)C4)ccn23)cc(OC(F)F)c1C(=O)CC1CC1. The van der Waals surface area contributed by atoms with Gasteiger partial charge in [0.2, 0.25) is 0 Å². The Bertz CT molecular complexity index is 1210. The van der Waals surface area contributed by atoms with Gasteiger partial charge in [-0.1, -0.05) is 0 Å². The van der Waals surface area contributed by atoms with E-state index in [1.54, 1.807) is 12.3 Å². The lowest BCUT2D eigenvalue weighted by atomic mass is 9.91. The Hall–Kier alpha value is -3.00. The van der Waals surface area contributed by atoms with Crippen LogP contribution in [0, 0.1) is 5.92 Å². The first kappa shape index (κ1) is 22.8. The van der Waals surface area contributed by atoms with Gasteiger partial charge in [0.25, 0.3) is 0 Å². The van der Waals surface area contributed by atoms with Crippen LogP contribution in [0.1, 0.15) is 53.9 Å². The highest BCUT2D eigenvalue weighted by molar-refractivity contribution is 6.02. The first-order valence-electron chi connectivity index (χ1n) is 11.8. The van der Waals surface area contributed by atoms with Crippen LogP contribution in [0.5, 0.6) is 11.5 Å². The summed E-state index contributed by atoms with van der Waals surface area (Å²) in [5.41, 5.74) is 3.41. The van der Waals surface area contributed by atoms with Crippen molar-refractivity contribution in [1.29, 1.82) is 0 Å². The fourth-order valence-electron chi connectivity index (χ4n) is 4.95. The highest BCUT2D eigenvalue weighted by atomic mass is 19.3. The van der Waals surface area contributed by atoms with Crippen molar-refractivity contribution in [3.8, 4) is 22.8 Å². The van der Waals surface area contributed by atoms with Crippen LogP contribution in [-0.4, -0.2) is 53.9 Å². The molecule has 6 nitrogen and oxygen atoms in total. The first-order valence-corrected chi connectivity index (χ1v) is 11.8. The van der Waals surface area contributed by atoms with Gasteiger partial charge in [0.1, 0.15) is 22.7 Å². The van der Waals surface area contributed by atoms with Gasteiger partial charge >= 0.3 is 6.61 Å². The predicted octanol–water partition coefficient (Wildman–Crippen LogP) is 5.40. The molecule has 0 bridgehead atoms. The molecule has 3 heterocycles. The minimum Gasteiger partial charge on any atom is -0.496 e. The zero-order valence-corrected chi connectivity index (χ0v) is 19.5. The Morgan fingerprint density at radius 1 is 1.21 bits per heavy atom. The molecular formula is C26H29F2N3O3. The molecule has 3 aromatic rings. The molecule has 1 atom stereocenters. The number of fused-ring (bicyclic) bond motifs is 1. The molecular weight excluding hydrogens is 440 g/mol. The number of nitrogens with zero attached hydrogens (tertiary/aromatic N) is 3. The van der Waals surface area contributed by atoms with E-state index in [1.165, 1.54) is 25.2 Å². The predicted molar refractivity (Wildman–Crippen MR) is 125 cm³/mol. The molecule has 1 aromatic carbocycles. The summed E-state index contributed by atoms with van der Waals surface area (Å²) in [5.74, 6) is 0.615. The minimum atomic E-state index is -3.05.